The summed E-state index contributed by atoms with van der Waals surface area (Å²) in [6, 6.07) is 7.89. The van der Waals surface area contributed by atoms with Crippen LogP contribution in [0.4, 0.5) is 11.5 Å². The molecular formula is C19H23N7. The SMILES string of the molecule is CC(C)N/C=C(\C=N)c1ccc(N)c(NCc2ccc3nccn3c2)n1. The summed E-state index contributed by atoms with van der Waals surface area (Å²) in [6.07, 6.45) is 8.78. The molecule has 0 bridgehead atoms. The van der Waals surface area contributed by atoms with E-state index in [1.165, 1.54) is 6.21 Å². The fraction of sp³-hybridized carbons (Fsp3) is 0.211. The van der Waals surface area contributed by atoms with Crippen LogP contribution in [0.3, 0.4) is 0 Å². The number of nitrogens with one attached hydrogen (secondary N) is 3. The fourth-order valence-electron chi connectivity index (χ4n) is 2.47. The number of nitrogens with two attached hydrogens (primary N) is 1. The summed E-state index contributed by atoms with van der Waals surface area (Å²) in [5.74, 6) is 0.602. The molecule has 5 N–H and O–H groups in total. The average molecular weight is 349 g/mol. The molecule has 7 heteroatoms. The molecule has 3 rings (SSSR count). The first-order valence-corrected chi connectivity index (χ1v) is 8.46. The molecule has 0 saturated carbocycles. The Balaban J connectivity index is 1.78. The maximum Gasteiger partial charge on any atom is 0.150 e. The Morgan fingerprint density at radius 1 is 1.31 bits per heavy atom. The highest BCUT2D eigenvalue weighted by Crippen LogP contribution is 2.20. The van der Waals surface area contributed by atoms with E-state index < -0.39 is 0 Å². The Kier molecular flexibility index (Phi) is 5.17. The van der Waals surface area contributed by atoms with Crippen LogP contribution in [0, 0.1) is 5.41 Å². The number of pyridine rings is 2. The van der Waals surface area contributed by atoms with Gasteiger partial charge in [-0.25, -0.2) is 9.97 Å². The van der Waals surface area contributed by atoms with Gasteiger partial charge in [-0.3, -0.25) is 0 Å². The molecule has 26 heavy (non-hydrogen) atoms. The van der Waals surface area contributed by atoms with E-state index in [1.807, 2.05) is 48.8 Å². The zero-order valence-electron chi connectivity index (χ0n) is 14.9. The number of allylic oxidation sites excluding steroid dienone is 1. The van der Waals surface area contributed by atoms with Crippen LogP contribution >= 0.6 is 0 Å². The van der Waals surface area contributed by atoms with Crippen LogP contribution < -0.4 is 16.4 Å². The first-order chi connectivity index (χ1) is 12.6. The third-order valence-electron chi connectivity index (χ3n) is 3.86. The minimum atomic E-state index is 0.287. The third-order valence-corrected chi connectivity index (χ3v) is 3.86. The highest BCUT2D eigenvalue weighted by molar-refractivity contribution is 6.07. The van der Waals surface area contributed by atoms with E-state index in [4.69, 9.17) is 11.1 Å². The molecule has 0 spiro atoms. The van der Waals surface area contributed by atoms with Crippen LogP contribution in [0.15, 0.2) is 49.1 Å². The summed E-state index contributed by atoms with van der Waals surface area (Å²) in [7, 11) is 0. The van der Waals surface area contributed by atoms with E-state index in [1.54, 1.807) is 18.5 Å². The maximum atomic E-state index is 7.63. The molecule has 0 aliphatic heterocycles. The van der Waals surface area contributed by atoms with Gasteiger partial charge in [0.2, 0.25) is 0 Å². The molecule has 134 valence electrons. The monoisotopic (exact) mass is 349 g/mol. The highest BCUT2D eigenvalue weighted by atomic mass is 15.0. The lowest BCUT2D eigenvalue weighted by atomic mass is 10.2. The van der Waals surface area contributed by atoms with Crippen molar-refractivity contribution in [1.82, 2.24) is 19.7 Å². The number of nitrogen functional groups attached to an aromatic ring is 1. The Morgan fingerprint density at radius 3 is 2.92 bits per heavy atom. The van der Waals surface area contributed by atoms with E-state index >= 15 is 0 Å². The molecular weight excluding hydrogens is 326 g/mol. The minimum absolute atomic E-state index is 0.287. The molecule has 0 aromatic carbocycles. The summed E-state index contributed by atoms with van der Waals surface area (Å²) in [6.45, 7) is 4.67. The van der Waals surface area contributed by atoms with Crippen LogP contribution in [0.25, 0.3) is 11.2 Å². The van der Waals surface area contributed by atoms with E-state index in [2.05, 4.69) is 20.6 Å². The van der Waals surface area contributed by atoms with Crippen molar-refractivity contribution in [2.45, 2.75) is 26.4 Å². The molecule has 7 nitrogen and oxygen atoms in total. The first-order valence-electron chi connectivity index (χ1n) is 8.46. The lowest BCUT2D eigenvalue weighted by Gasteiger charge is -2.12. The predicted octanol–water partition coefficient (Wildman–Crippen LogP) is 2.91. The van der Waals surface area contributed by atoms with Gasteiger partial charge in [0.15, 0.2) is 0 Å². The molecule has 0 aliphatic rings. The van der Waals surface area contributed by atoms with Crippen molar-refractivity contribution in [3.8, 4) is 0 Å². The summed E-state index contributed by atoms with van der Waals surface area (Å²) < 4.78 is 1.97. The maximum absolute atomic E-state index is 7.63. The molecule has 3 heterocycles. The average Bonchev–Trinajstić information content (AvgIpc) is 3.09. The number of imidazole rings is 1. The van der Waals surface area contributed by atoms with Crippen molar-refractivity contribution in [1.29, 1.82) is 5.41 Å². The number of anilines is 2. The molecule has 3 aromatic heterocycles. The van der Waals surface area contributed by atoms with Gasteiger partial charge in [-0.05, 0) is 37.6 Å². The quantitative estimate of drug-likeness (QED) is 0.491. The van der Waals surface area contributed by atoms with Gasteiger partial charge in [0, 0.05) is 49.2 Å². The number of hydrogen-bond donors (Lipinski definition) is 4. The van der Waals surface area contributed by atoms with Gasteiger partial charge < -0.3 is 26.2 Å². The van der Waals surface area contributed by atoms with Crippen LogP contribution in [0.1, 0.15) is 25.1 Å². The topological polar surface area (TPSA) is 104 Å². The van der Waals surface area contributed by atoms with E-state index in [0.717, 1.165) is 11.2 Å². The van der Waals surface area contributed by atoms with Crippen molar-refractivity contribution in [3.05, 3.63) is 60.3 Å². The summed E-state index contributed by atoms with van der Waals surface area (Å²) in [5, 5.41) is 14.1. The van der Waals surface area contributed by atoms with Crippen LogP contribution in [0.2, 0.25) is 0 Å². The zero-order chi connectivity index (χ0) is 18.5. The molecule has 0 aliphatic carbocycles. The van der Waals surface area contributed by atoms with Gasteiger partial charge in [0.05, 0.1) is 11.4 Å². The molecule has 0 radical (unpaired) electrons. The Morgan fingerprint density at radius 2 is 2.15 bits per heavy atom. The lowest BCUT2D eigenvalue weighted by Crippen LogP contribution is -2.16. The Bertz CT molecular complexity index is 940. The van der Waals surface area contributed by atoms with E-state index in [-0.39, 0.29) is 6.04 Å². The lowest BCUT2D eigenvalue weighted by molar-refractivity contribution is 0.704. The second-order valence-corrected chi connectivity index (χ2v) is 6.28. The highest BCUT2D eigenvalue weighted by Gasteiger charge is 2.07. The molecule has 0 fully saturated rings. The second kappa shape index (κ2) is 7.69. The fourth-order valence-corrected chi connectivity index (χ4v) is 2.47. The number of aromatic nitrogens is 3. The van der Waals surface area contributed by atoms with E-state index in [9.17, 15) is 0 Å². The predicted molar refractivity (Wildman–Crippen MR) is 106 cm³/mol. The summed E-state index contributed by atoms with van der Waals surface area (Å²) >= 11 is 0. The van der Waals surface area contributed by atoms with E-state index in [0.29, 0.717) is 29.3 Å². The van der Waals surface area contributed by atoms with Crippen molar-refractivity contribution in [3.63, 3.8) is 0 Å². The van der Waals surface area contributed by atoms with Gasteiger partial charge in [-0.2, -0.15) is 0 Å². The normalized spacial score (nSPS) is 11.7. The number of nitrogens with zero attached hydrogens (tertiary/aromatic N) is 3. The third kappa shape index (κ3) is 4.00. The Hall–Kier alpha value is -3.35. The zero-order valence-corrected chi connectivity index (χ0v) is 14.9. The molecule has 3 aromatic rings. The number of rotatable bonds is 7. The van der Waals surface area contributed by atoms with Gasteiger partial charge in [0.25, 0.3) is 0 Å². The van der Waals surface area contributed by atoms with Crippen LogP contribution in [-0.2, 0) is 6.54 Å². The molecule has 0 atom stereocenters. The minimum Gasteiger partial charge on any atom is -0.396 e. The van der Waals surface area contributed by atoms with Gasteiger partial charge in [-0.1, -0.05) is 6.07 Å². The summed E-state index contributed by atoms with van der Waals surface area (Å²) in [5.41, 5.74) is 10.0. The van der Waals surface area contributed by atoms with Crippen LogP contribution in [-0.4, -0.2) is 26.6 Å². The number of fused-ring (bicyclic) bond motifs is 1. The standard InChI is InChI=1S/C19H23N7/c1-13(2)23-11-15(9-20)17-5-4-16(21)19(25-17)24-10-14-3-6-18-22-7-8-26(18)12-14/h3-9,11-13,20,23H,10,21H2,1-2H3,(H,24,25)/b15-11+,20-9?. The second-order valence-electron chi connectivity index (χ2n) is 6.28. The number of hydrogen-bond acceptors (Lipinski definition) is 6. The first kappa shape index (κ1) is 17.5. The molecule has 0 amide bonds. The Labute approximate surface area is 152 Å². The smallest absolute Gasteiger partial charge is 0.150 e. The van der Waals surface area contributed by atoms with Crippen LogP contribution in [0.5, 0.6) is 0 Å². The van der Waals surface area contributed by atoms with Crippen molar-refractivity contribution in [2.75, 3.05) is 11.1 Å². The van der Waals surface area contributed by atoms with Gasteiger partial charge >= 0.3 is 0 Å². The van der Waals surface area contributed by atoms with Crippen molar-refractivity contribution < 1.29 is 0 Å². The molecule has 0 saturated heterocycles. The van der Waals surface area contributed by atoms with Gasteiger partial charge in [-0.15, -0.1) is 0 Å². The molecule has 0 unspecified atom stereocenters. The summed E-state index contributed by atoms with van der Waals surface area (Å²) in [4.78, 5) is 8.81. The van der Waals surface area contributed by atoms with Crippen molar-refractivity contribution in [2.24, 2.45) is 0 Å². The van der Waals surface area contributed by atoms with Gasteiger partial charge in [0.1, 0.15) is 11.5 Å². The largest absolute Gasteiger partial charge is 0.396 e. The van der Waals surface area contributed by atoms with Crippen molar-refractivity contribution >= 4 is 28.9 Å².